The van der Waals surface area contributed by atoms with Gasteiger partial charge in [0.2, 0.25) is 0 Å². The Morgan fingerprint density at radius 2 is 1.82 bits per heavy atom. The fourth-order valence-electron chi connectivity index (χ4n) is 3.81. The molecule has 2 heterocycles. The van der Waals surface area contributed by atoms with Crippen LogP contribution >= 0.6 is 27.7 Å². The zero-order valence-corrected chi connectivity index (χ0v) is 23.0. The van der Waals surface area contributed by atoms with Gasteiger partial charge in [-0.1, -0.05) is 53.7 Å². The number of carbonyl (C=O) groups excluding carboxylic acids is 1. The topological polar surface area (TPSA) is 100 Å². The third-order valence-corrected chi connectivity index (χ3v) is 7.29. The molecule has 1 amide bonds. The summed E-state index contributed by atoms with van der Waals surface area (Å²) in [5, 5.41) is 17.1. The molecule has 0 unspecified atom stereocenters. The minimum absolute atomic E-state index is 0.184. The minimum atomic E-state index is -0.240. The van der Waals surface area contributed by atoms with Gasteiger partial charge in [0.25, 0.3) is 5.91 Å². The summed E-state index contributed by atoms with van der Waals surface area (Å²) in [6.45, 7) is 4.17. The van der Waals surface area contributed by atoms with Crippen molar-refractivity contribution in [2.45, 2.75) is 29.6 Å². The Morgan fingerprint density at radius 3 is 2.61 bits per heavy atom. The van der Waals surface area contributed by atoms with E-state index in [-0.39, 0.29) is 17.6 Å². The third-order valence-electron chi connectivity index (χ3n) is 5.73. The van der Waals surface area contributed by atoms with Crippen molar-refractivity contribution in [2.75, 3.05) is 10.6 Å². The van der Waals surface area contributed by atoms with E-state index < -0.39 is 0 Å². The Morgan fingerprint density at radius 1 is 0.974 bits per heavy atom. The maximum atomic E-state index is 13.1. The molecule has 0 saturated heterocycles. The molecule has 3 aromatic carbocycles. The molecule has 3 N–H and O–H groups in total. The third kappa shape index (κ3) is 5.95. The average molecular weight is 587 g/mol. The second-order valence-electron chi connectivity index (χ2n) is 8.88. The Hall–Kier alpha value is -3.95. The number of nitrogens with one attached hydrogen (secondary N) is 2. The van der Waals surface area contributed by atoms with E-state index in [1.807, 2.05) is 48.5 Å². The van der Waals surface area contributed by atoms with E-state index in [0.717, 1.165) is 25.3 Å². The molecular weight excluding hydrogens is 562 g/mol. The van der Waals surface area contributed by atoms with Crippen LogP contribution in [0.25, 0.3) is 11.0 Å². The van der Waals surface area contributed by atoms with Gasteiger partial charge in [-0.25, -0.2) is 15.0 Å². The standard InChI is InChI=1S/C29H24BrN5O2S/c1-17(2)24-11-10-23-27(34-24)31-16-32-28(23)35-25-13-18(29(37)33-20-6-3-5-19(30)14-20)9-12-26(25)38-22-8-4-7-21(36)15-22/h3-17,36H,1-2H3,(H,33,37)(H,31,32,34,35). The minimum Gasteiger partial charge on any atom is -0.508 e. The van der Waals surface area contributed by atoms with Crippen LogP contribution in [-0.2, 0) is 0 Å². The molecule has 0 fully saturated rings. The average Bonchev–Trinajstić information content (AvgIpc) is 2.89. The van der Waals surface area contributed by atoms with Gasteiger partial charge in [-0.15, -0.1) is 0 Å². The van der Waals surface area contributed by atoms with E-state index in [2.05, 4.69) is 55.4 Å². The number of phenolic OH excluding ortho intramolecular Hbond substituents is 1. The highest BCUT2D eigenvalue weighted by Crippen LogP contribution is 2.37. The molecule has 0 aliphatic carbocycles. The van der Waals surface area contributed by atoms with Crippen molar-refractivity contribution < 1.29 is 9.90 Å². The molecule has 38 heavy (non-hydrogen) atoms. The van der Waals surface area contributed by atoms with Gasteiger partial charge < -0.3 is 15.7 Å². The molecule has 190 valence electrons. The number of aromatic hydroxyl groups is 1. The number of pyridine rings is 1. The van der Waals surface area contributed by atoms with Crippen LogP contribution in [0.3, 0.4) is 0 Å². The molecule has 0 aliphatic rings. The first-order chi connectivity index (χ1) is 18.4. The van der Waals surface area contributed by atoms with E-state index in [0.29, 0.717) is 28.4 Å². The predicted molar refractivity (Wildman–Crippen MR) is 155 cm³/mol. The number of hydrogen-bond donors (Lipinski definition) is 3. The van der Waals surface area contributed by atoms with Gasteiger partial charge in [0.15, 0.2) is 5.65 Å². The first kappa shape index (κ1) is 25.7. The number of aromatic nitrogens is 3. The second kappa shape index (κ2) is 11.2. The Kier molecular flexibility index (Phi) is 7.57. The van der Waals surface area contributed by atoms with Crippen molar-refractivity contribution >= 4 is 61.8 Å². The maximum absolute atomic E-state index is 13.1. The summed E-state index contributed by atoms with van der Waals surface area (Å²) in [7, 11) is 0. The highest BCUT2D eigenvalue weighted by Gasteiger charge is 2.15. The zero-order valence-electron chi connectivity index (χ0n) is 20.6. The van der Waals surface area contributed by atoms with Gasteiger partial charge in [0.1, 0.15) is 17.9 Å². The fraction of sp³-hybridized carbons (Fsp3) is 0.103. The van der Waals surface area contributed by atoms with Gasteiger partial charge in [0, 0.05) is 31.2 Å². The van der Waals surface area contributed by atoms with Gasteiger partial charge in [0.05, 0.1) is 11.1 Å². The van der Waals surface area contributed by atoms with Gasteiger partial charge in [-0.05, 0) is 72.6 Å². The first-order valence-electron chi connectivity index (χ1n) is 11.9. The van der Waals surface area contributed by atoms with E-state index >= 15 is 0 Å². The Labute approximate surface area is 232 Å². The SMILES string of the molecule is CC(C)c1ccc2c(Nc3cc(C(=O)Nc4cccc(Br)c4)ccc3Sc3cccc(O)c3)ncnc2n1. The number of anilines is 3. The van der Waals surface area contributed by atoms with Crippen molar-refractivity contribution in [1.29, 1.82) is 0 Å². The number of halogens is 1. The molecule has 0 atom stereocenters. The molecule has 7 nitrogen and oxygen atoms in total. The number of benzene rings is 3. The monoisotopic (exact) mass is 585 g/mol. The number of fused-ring (bicyclic) bond motifs is 1. The van der Waals surface area contributed by atoms with Crippen LogP contribution in [0.1, 0.15) is 35.8 Å². The number of rotatable bonds is 7. The molecule has 0 spiro atoms. The lowest BCUT2D eigenvalue weighted by Gasteiger charge is -2.15. The fourth-order valence-corrected chi connectivity index (χ4v) is 5.14. The predicted octanol–water partition coefficient (Wildman–Crippen LogP) is 7.76. The molecule has 0 radical (unpaired) electrons. The van der Waals surface area contributed by atoms with Crippen molar-refractivity contribution in [3.8, 4) is 5.75 Å². The summed E-state index contributed by atoms with van der Waals surface area (Å²) >= 11 is 4.90. The highest BCUT2D eigenvalue weighted by molar-refractivity contribution is 9.10. The summed E-state index contributed by atoms with van der Waals surface area (Å²) in [4.78, 5) is 28.4. The summed E-state index contributed by atoms with van der Waals surface area (Å²) in [5.41, 5.74) is 3.40. The number of nitrogens with zero attached hydrogens (tertiary/aromatic N) is 3. The van der Waals surface area contributed by atoms with Crippen LogP contribution in [-0.4, -0.2) is 26.0 Å². The zero-order chi connectivity index (χ0) is 26.6. The largest absolute Gasteiger partial charge is 0.508 e. The lowest BCUT2D eigenvalue weighted by molar-refractivity contribution is 0.102. The summed E-state index contributed by atoms with van der Waals surface area (Å²) in [6, 6.07) is 23.9. The van der Waals surface area contributed by atoms with Gasteiger partial charge in [-0.3, -0.25) is 4.79 Å². The van der Waals surface area contributed by atoms with E-state index in [9.17, 15) is 9.90 Å². The van der Waals surface area contributed by atoms with Crippen LogP contribution in [0, 0.1) is 0 Å². The molecule has 2 aromatic heterocycles. The number of carbonyl (C=O) groups is 1. The molecule has 0 saturated carbocycles. The molecule has 0 bridgehead atoms. The van der Waals surface area contributed by atoms with Crippen molar-refractivity contribution in [1.82, 2.24) is 15.0 Å². The molecule has 5 aromatic rings. The van der Waals surface area contributed by atoms with Crippen LogP contribution in [0.4, 0.5) is 17.2 Å². The molecule has 9 heteroatoms. The van der Waals surface area contributed by atoms with Crippen LogP contribution in [0.15, 0.2) is 99.5 Å². The van der Waals surface area contributed by atoms with Gasteiger partial charge >= 0.3 is 0 Å². The maximum Gasteiger partial charge on any atom is 0.255 e. The summed E-state index contributed by atoms with van der Waals surface area (Å²) in [5.74, 6) is 0.802. The van der Waals surface area contributed by atoms with Crippen LogP contribution < -0.4 is 10.6 Å². The van der Waals surface area contributed by atoms with Crippen molar-refractivity contribution in [2.24, 2.45) is 0 Å². The van der Waals surface area contributed by atoms with Crippen molar-refractivity contribution in [3.63, 3.8) is 0 Å². The number of phenols is 1. The van der Waals surface area contributed by atoms with E-state index in [4.69, 9.17) is 0 Å². The molecule has 5 rings (SSSR count). The molecular formula is C29H24BrN5O2S. The number of amides is 1. The van der Waals surface area contributed by atoms with Crippen molar-refractivity contribution in [3.05, 3.63) is 101 Å². The summed E-state index contributed by atoms with van der Waals surface area (Å²) < 4.78 is 0.875. The second-order valence-corrected chi connectivity index (χ2v) is 10.9. The van der Waals surface area contributed by atoms with Crippen LogP contribution in [0.2, 0.25) is 0 Å². The normalized spacial score (nSPS) is 11.1. The quantitative estimate of drug-likeness (QED) is 0.179. The van der Waals surface area contributed by atoms with E-state index in [1.165, 1.54) is 18.1 Å². The lowest BCUT2D eigenvalue weighted by atomic mass is 10.1. The lowest BCUT2D eigenvalue weighted by Crippen LogP contribution is -2.12. The number of hydrogen-bond acceptors (Lipinski definition) is 7. The Bertz CT molecular complexity index is 1640. The van der Waals surface area contributed by atoms with E-state index in [1.54, 1.807) is 30.3 Å². The summed E-state index contributed by atoms with van der Waals surface area (Å²) in [6.07, 6.45) is 1.48. The first-order valence-corrected chi connectivity index (χ1v) is 13.5. The highest BCUT2D eigenvalue weighted by atomic mass is 79.9. The van der Waals surface area contributed by atoms with Crippen LogP contribution in [0.5, 0.6) is 5.75 Å². The molecule has 0 aliphatic heterocycles. The Balaban J connectivity index is 1.52. The van der Waals surface area contributed by atoms with Gasteiger partial charge in [-0.2, -0.15) is 0 Å². The smallest absolute Gasteiger partial charge is 0.255 e.